The number of amides is 1. The van der Waals surface area contributed by atoms with Gasteiger partial charge in [-0.05, 0) is 47.4 Å². The summed E-state index contributed by atoms with van der Waals surface area (Å²) in [4.78, 5) is 12.6. The molecule has 38 heavy (non-hydrogen) atoms. The highest BCUT2D eigenvalue weighted by molar-refractivity contribution is 7.93. The van der Waals surface area contributed by atoms with Crippen LogP contribution in [0.2, 0.25) is 0 Å². The first kappa shape index (κ1) is 27.5. The van der Waals surface area contributed by atoms with Gasteiger partial charge in [0.25, 0.3) is 10.0 Å². The number of anilines is 1. The average Bonchev–Trinajstić information content (AvgIpc) is 3.26. The van der Waals surface area contributed by atoms with Crippen LogP contribution in [-0.4, -0.2) is 33.1 Å². The highest BCUT2D eigenvalue weighted by Crippen LogP contribution is 2.39. The summed E-state index contributed by atoms with van der Waals surface area (Å²) >= 11 is 0. The van der Waals surface area contributed by atoms with E-state index in [-0.39, 0.29) is 41.1 Å². The van der Waals surface area contributed by atoms with Crippen molar-refractivity contribution in [1.82, 2.24) is 5.32 Å². The summed E-state index contributed by atoms with van der Waals surface area (Å²) in [6.45, 7) is -0.285. The topological polar surface area (TPSA) is 66.5 Å². The van der Waals surface area contributed by atoms with Crippen molar-refractivity contribution in [3.05, 3.63) is 83.9 Å². The van der Waals surface area contributed by atoms with Crippen molar-refractivity contribution >= 4 is 21.6 Å². The van der Waals surface area contributed by atoms with E-state index in [0.717, 1.165) is 22.5 Å². The minimum atomic E-state index is -4.61. The zero-order chi connectivity index (χ0) is 27.7. The average molecular weight is 557 g/mol. The highest BCUT2D eigenvalue weighted by Gasteiger charge is 2.42. The molecule has 3 aromatic carbocycles. The number of sulfonamides is 1. The predicted octanol–water partition coefficient (Wildman–Crippen LogP) is 5.95. The number of para-hydroxylation sites is 1. The molecule has 1 aliphatic heterocycles. The maximum absolute atomic E-state index is 13.7. The van der Waals surface area contributed by atoms with Crippen LogP contribution in [0.3, 0.4) is 0 Å². The molecule has 1 atom stereocenters. The maximum atomic E-state index is 13.7. The molecule has 1 amide bonds. The van der Waals surface area contributed by atoms with Crippen LogP contribution < -0.4 is 9.62 Å². The van der Waals surface area contributed by atoms with E-state index in [2.05, 4.69) is 5.32 Å². The Bertz CT molecular complexity index is 1420. The van der Waals surface area contributed by atoms with Gasteiger partial charge in [0, 0.05) is 19.4 Å². The van der Waals surface area contributed by atoms with Crippen molar-refractivity contribution in [2.24, 2.45) is 0 Å². The zero-order valence-corrected chi connectivity index (χ0v) is 20.5. The van der Waals surface area contributed by atoms with Crippen LogP contribution in [0.25, 0.3) is 11.1 Å². The molecule has 1 aliphatic rings. The van der Waals surface area contributed by atoms with Crippen molar-refractivity contribution in [3.8, 4) is 11.1 Å². The van der Waals surface area contributed by atoms with Crippen LogP contribution in [-0.2, 0) is 27.4 Å². The van der Waals surface area contributed by atoms with Crippen molar-refractivity contribution in [1.29, 1.82) is 0 Å². The number of benzene rings is 3. The number of rotatable bonds is 7. The Labute approximate surface area is 215 Å². The first-order valence-electron chi connectivity index (χ1n) is 11.5. The zero-order valence-electron chi connectivity index (χ0n) is 19.7. The molecule has 1 heterocycles. The fourth-order valence-electron chi connectivity index (χ4n) is 4.37. The molecule has 0 fully saturated rings. The van der Waals surface area contributed by atoms with Gasteiger partial charge >= 0.3 is 12.4 Å². The van der Waals surface area contributed by atoms with E-state index in [0.29, 0.717) is 5.56 Å². The molecule has 0 radical (unpaired) electrons. The summed E-state index contributed by atoms with van der Waals surface area (Å²) < 4.78 is 106. The molecule has 5 nitrogen and oxygen atoms in total. The lowest BCUT2D eigenvalue weighted by molar-refractivity contribution is -0.137. The molecule has 0 unspecified atom stereocenters. The molecule has 0 saturated heterocycles. The first-order chi connectivity index (χ1) is 17.8. The number of nitrogens with one attached hydrogen (secondary N) is 1. The molecular weight excluding hydrogens is 534 g/mol. The summed E-state index contributed by atoms with van der Waals surface area (Å²) in [6.07, 6.45) is -10.4. The lowest BCUT2D eigenvalue weighted by Crippen LogP contribution is -2.48. The van der Waals surface area contributed by atoms with E-state index in [1.165, 1.54) is 36.4 Å². The Morgan fingerprint density at radius 1 is 0.895 bits per heavy atom. The molecule has 0 aromatic heterocycles. The molecule has 0 aliphatic carbocycles. The predicted molar refractivity (Wildman–Crippen MR) is 129 cm³/mol. The van der Waals surface area contributed by atoms with Gasteiger partial charge in [0.2, 0.25) is 5.91 Å². The number of halogens is 6. The van der Waals surface area contributed by atoms with Crippen molar-refractivity contribution in [2.45, 2.75) is 42.6 Å². The van der Waals surface area contributed by atoms with Gasteiger partial charge in [-0.15, -0.1) is 0 Å². The number of carbonyl (C=O) groups is 1. The number of carbonyl (C=O) groups excluding carboxylic acids is 1. The lowest BCUT2D eigenvalue weighted by atomic mass is 9.99. The molecule has 1 N–H and O–H groups in total. The number of hydrogen-bond acceptors (Lipinski definition) is 3. The summed E-state index contributed by atoms with van der Waals surface area (Å²) in [5, 5.41) is 2.38. The van der Waals surface area contributed by atoms with Crippen LogP contribution >= 0.6 is 0 Å². The van der Waals surface area contributed by atoms with Gasteiger partial charge in [0.05, 0.1) is 16.1 Å². The second kappa shape index (κ2) is 10.3. The summed E-state index contributed by atoms with van der Waals surface area (Å²) in [5.74, 6) is -0.748. The van der Waals surface area contributed by atoms with E-state index < -0.39 is 46.3 Å². The number of hydrogen-bond donors (Lipinski definition) is 1. The van der Waals surface area contributed by atoms with Crippen molar-refractivity contribution in [3.63, 3.8) is 0 Å². The Hall–Kier alpha value is -3.54. The number of nitrogens with zero attached hydrogens (tertiary/aromatic N) is 1. The smallest absolute Gasteiger partial charge is 0.354 e. The van der Waals surface area contributed by atoms with Crippen molar-refractivity contribution in [2.75, 3.05) is 10.8 Å². The highest BCUT2D eigenvalue weighted by atomic mass is 32.2. The Kier molecular flexibility index (Phi) is 7.46. The largest absolute Gasteiger partial charge is 0.417 e. The Morgan fingerprint density at radius 2 is 1.53 bits per heavy atom. The molecule has 202 valence electrons. The molecule has 0 bridgehead atoms. The van der Waals surface area contributed by atoms with Crippen LogP contribution in [0.5, 0.6) is 0 Å². The minimum Gasteiger partial charge on any atom is -0.354 e. The molecule has 0 saturated carbocycles. The summed E-state index contributed by atoms with van der Waals surface area (Å²) in [6, 6.07) is 14.9. The van der Waals surface area contributed by atoms with Crippen LogP contribution in [0.4, 0.5) is 32.0 Å². The molecule has 3 aromatic rings. The fourth-order valence-corrected chi connectivity index (χ4v) is 6.02. The van der Waals surface area contributed by atoms with E-state index >= 15 is 0 Å². The minimum absolute atomic E-state index is 0.0115. The van der Waals surface area contributed by atoms with E-state index in [1.54, 1.807) is 18.2 Å². The number of alkyl halides is 6. The monoisotopic (exact) mass is 556 g/mol. The normalized spacial score (nSPS) is 15.8. The van der Waals surface area contributed by atoms with Crippen LogP contribution in [0.1, 0.15) is 24.0 Å². The van der Waals surface area contributed by atoms with Crippen LogP contribution in [0.15, 0.2) is 77.7 Å². The van der Waals surface area contributed by atoms with Crippen LogP contribution in [0, 0.1) is 0 Å². The third-order valence-corrected chi connectivity index (χ3v) is 7.96. The van der Waals surface area contributed by atoms with E-state index in [9.17, 15) is 39.6 Å². The van der Waals surface area contributed by atoms with Gasteiger partial charge in [-0.25, -0.2) is 8.42 Å². The van der Waals surface area contributed by atoms with Gasteiger partial charge in [0.15, 0.2) is 0 Å². The first-order valence-corrected chi connectivity index (χ1v) is 13.0. The summed E-state index contributed by atoms with van der Waals surface area (Å²) in [5.41, 5.74) is -0.0350. The third kappa shape index (κ3) is 5.79. The Balaban J connectivity index is 1.62. The molecule has 12 heteroatoms. The Morgan fingerprint density at radius 3 is 2.18 bits per heavy atom. The van der Waals surface area contributed by atoms with Gasteiger partial charge < -0.3 is 5.32 Å². The van der Waals surface area contributed by atoms with Crippen molar-refractivity contribution < 1.29 is 39.6 Å². The third-order valence-electron chi connectivity index (χ3n) is 6.12. The van der Waals surface area contributed by atoms with Gasteiger partial charge in [0.1, 0.15) is 6.04 Å². The second-order valence-electron chi connectivity index (χ2n) is 8.73. The van der Waals surface area contributed by atoms with Gasteiger partial charge in [-0.2, -0.15) is 26.3 Å². The standard InChI is InChI=1S/C26H22F6N2O3S/c27-25(28,29)14-5-15-33-24(35)23-16-18-6-1-4-9-22(18)34(23)38(36,37)19-12-10-17(11-13-19)20-7-2-3-8-21(20)26(30,31)32/h1-4,6-13,23H,5,14-16H2,(H,33,35)/t23-/m0/s1. The van der Waals surface area contributed by atoms with Gasteiger partial charge in [-0.1, -0.05) is 48.5 Å². The summed E-state index contributed by atoms with van der Waals surface area (Å²) in [7, 11) is -4.37. The maximum Gasteiger partial charge on any atom is 0.417 e. The molecular formula is C26H22F6N2O3S. The second-order valence-corrected chi connectivity index (χ2v) is 10.5. The van der Waals surface area contributed by atoms with E-state index in [1.807, 2.05) is 0 Å². The lowest BCUT2D eigenvalue weighted by Gasteiger charge is -2.26. The van der Waals surface area contributed by atoms with Gasteiger partial charge in [-0.3, -0.25) is 9.10 Å². The number of fused-ring (bicyclic) bond motifs is 1. The van der Waals surface area contributed by atoms with E-state index in [4.69, 9.17) is 0 Å². The SMILES string of the molecule is O=C(NCCCC(F)(F)F)[C@@H]1Cc2ccccc2N1S(=O)(=O)c1ccc(-c2ccccc2C(F)(F)F)cc1. The molecule has 0 spiro atoms. The fraction of sp³-hybridized carbons (Fsp3) is 0.269. The quantitative estimate of drug-likeness (QED) is 0.289. The molecule has 4 rings (SSSR count).